The number of nitrogens with zero attached hydrogens (tertiary/aromatic N) is 1. The molecular formula is C15H15BFNO2. The van der Waals surface area contributed by atoms with E-state index in [1.807, 2.05) is 43.3 Å². The van der Waals surface area contributed by atoms with Crippen molar-refractivity contribution in [2.75, 3.05) is 19.0 Å². The van der Waals surface area contributed by atoms with Crippen LogP contribution >= 0.6 is 0 Å². The van der Waals surface area contributed by atoms with E-state index in [9.17, 15) is 9.41 Å². The van der Waals surface area contributed by atoms with Gasteiger partial charge in [0.1, 0.15) is 5.82 Å². The van der Waals surface area contributed by atoms with Gasteiger partial charge >= 0.3 is 7.12 Å². The number of hydrogen-bond donors (Lipinski definition) is 1. The molecule has 0 aromatic heterocycles. The fraction of sp³-hybridized carbons (Fsp3) is 0.200. The van der Waals surface area contributed by atoms with Crippen LogP contribution in [0.25, 0.3) is 0 Å². The molecule has 1 aliphatic heterocycles. The molecule has 0 saturated carbocycles. The van der Waals surface area contributed by atoms with Gasteiger partial charge in [0.05, 0.1) is 6.10 Å². The van der Waals surface area contributed by atoms with Gasteiger partial charge in [-0.15, -0.1) is 0 Å². The van der Waals surface area contributed by atoms with Gasteiger partial charge < -0.3 is 14.6 Å². The van der Waals surface area contributed by atoms with Crippen molar-refractivity contribution in [1.82, 2.24) is 0 Å². The van der Waals surface area contributed by atoms with Gasteiger partial charge in [0, 0.05) is 19.8 Å². The molecule has 0 bridgehead atoms. The molecule has 1 N–H and O–H groups in total. The van der Waals surface area contributed by atoms with E-state index in [4.69, 9.17) is 4.65 Å². The van der Waals surface area contributed by atoms with Crippen LogP contribution in [-0.2, 0) is 4.65 Å². The monoisotopic (exact) mass is 271 g/mol. The zero-order valence-electron chi connectivity index (χ0n) is 11.4. The van der Waals surface area contributed by atoms with Gasteiger partial charge in [-0.05, 0) is 40.9 Å². The molecule has 2 aromatic rings. The second-order valence-electron chi connectivity index (χ2n) is 5.13. The molecule has 5 heteroatoms. The van der Waals surface area contributed by atoms with Crippen molar-refractivity contribution in [3.05, 3.63) is 59.4 Å². The number of halogens is 1. The molecule has 0 aliphatic carbocycles. The Hall–Kier alpha value is -1.85. The molecule has 0 radical (unpaired) electrons. The predicted molar refractivity (Wildman–Crippen MR) is 77.7 cm³/mol. The number of hydrogen-bond acceptors (Lipinski definition) is 3. The molecule has 1 aliphatic rings. The minimum Gasteiger partial charge on any atom is -0.423 e. The summed E-state index contributed by atoms with van der Waals surface area (Å²) in [5.74, 6) is -0.323. The van der Waals surface area contributed by atoms with Crippen LogP contribution in [0.5, 0.6) is 0 Å². The molecule has 1 atom stereocenters. The number of rotatable bonds is 2. The quantitative estimate of drug-likeness (QED) is 0.844. The standard InChI is InChI=1S/C15H15BFNO2/c1-18(2)12-6-3-10(4-7-12)15-13-9-11(17)5-8-14(13)16(19)20-15/h3-9,15,19H,1-2H3. The highest BCUT2D eigenvalue weighted by Gasteiger charge is 2.36. The van der Waals surface area contributed by atoms with Gasteiger partial charge in [0.2, 0.25) is 0 Å². The summed E-state index contributed by atoms with van der Waals surface area (Å²) in [5, 5.41) is 9.89. The van der Waals surface area contributed by atoms with Crippen LogP contribution in [0.1, 0.15) is 17.2 Å². The summed E-state index contributed by atoms with van der Waals surface area (Å²) in [6, 6.07) is 12.2. The molecule has 0 amide bonds. The smallest absolute Gasteiger partial charge is 0.423 e. The highest BCUT2D eigenvalue weighted by molar-refractivity contribution is 6.61. The van der Waals surface area contributed by atoms with Crippen LogP contribution in [0.15, 0.2) is 42.5 Å². The first-order chi connectivity index (χ1) is 9.56. The summed E-state index contributed by atoms with van der Waals surface area (Å²) >= 11 is 0. The van der Waals surface area contributed by atoms with Crippen molar-refractivity contribution in [3.63, 3.8) is 0 Å². The van der Waals surface area contributed by atoms with E-state index in [0.717, 1.165) is 11.3 Å². The molecule has 20 heavy (non-hydrogen) atoms. The molecular weight excluding hydrogens is 256 g/mol. The average Bonchev–Trinajstić information content (AvgIpc) is 2.75. The third-order valence-corrected chi connectivity index (χ3v) is 3.57. The van der Waals surface area contributed by atoms with E-state index < -0.39 is 13.2 Å². The van der Waals surface area contributed by atoms with Gasteiger partial charge in [0.15, 0.2) is 0 Å². The number of fused-ring (bicyclic) bond motifs is 1. The number of benzene rings is 2. The zero-order valence-corrected chi connectivity index (χ0v) is 11.4. The lowest BCUT2D eigenvalue weighted by Crippen LogP contribution is -2.27. The van der Waals surface area contributed by atoms with Gasteiger partial charge in [-0.1, -0.05) is 18.2 Å². The van der Waals surface area contributed by atoms with E-state index >= 15 is 0 Å². The summed E-state index contributed by atoms with van der Waals surface area (Å²) in [6.07, 6.45) is -0.424. The van der Waals surface area contributed by atoms with Crippen molar-refractivity contribution in [2.24, 2.45) is 0 Å². The van der Waals surface area contributed by atoms with Crippen molar-refractivity contribution in [3.8, 4) is 0 Å². The van der Waals surface area contributed by atoms with E-state index in [2.05, 4.69) is 0 Å². The van der Waals surface area contributed by atoms with Crippen molar-refractivity contribution in [1.29, 1.82) is 0 Å². The molecule has 0 fully saturated rings. The van der Waals surface area contributed by atoms with Crippen LogP contribution in [0, 0.1) is 5.82 Å². The van der Waals surface area contributed by atoms with Crippen LogP contribution < -0.4 is 10.4 Å². The molecule has 3 nitrogen and oxygen atoms in total. The normalized spacial score (nSPS) is 17.2. The Kier molecular flexibility index (Phi) is 3.24. The third kappa shape index (κ3) is 2.19. The van der Waals surface area contributed by atoms with Crippen molar-refractivity contribution in [2.45, 2.75) is 6.10 Å². The summed E-state index contributed by atoms with van der Waals surface area (Å²) in [4.78, 5) is 2.00. The molecule has 0 spiro atoms. The van der Waals surface area contributed by atoms with Crippen LogP contribution in [0.3, 0.4) is 0 Å². The molecule has 102 valence electrons. The van der Waals surface area contributed by atoms with E-state index in [0.29, 0.717) is 11.0 Å². The number of anilines is 1. The minimum absolute atomic E-state index is 0.323. The third-order valence-electron chi connectivity index (χ3n) is 3.57. The lowest BCUT2D eigenvalue weighted by atomic mass is 9.79. The van der Waals surface area contributed by atoms with Crippen molar-refractivity contribution < 1.29 is 14.1 Å². The van der Waals surface area contributed by atoms with Gasteiger partial charge in [0.25, 0.3) is 0 Å². The average molecular weight is 271 g/mol. The zero-order chi connectivity index (χ0) is 14.3. The second kappa shape index (κ2) is 4.92. The highest BCUT2D eigenvalue weighted by Crippen LogP contribution is 2.31. The van der Waals surface area contributed by atoms with Crippen LogP contribution in [0.2, 0.25) is 0 Å². The van der Waals surface area contributed by atoms with Crippen molar-refractivity contribution >= 4 is 18.3 Å². The lowest BCUT2D eigenvalue weighted by Gasteiger charge is -2.16. The maximum atomic E-state index is 13.4. The topological polar surface area (TPSA) is 32.7 Å². The highest BCUT2D eigenvalue weighted by atomic mass is 19.1. The Bertz CT molecular complexity index is 630. The first-order valence-corrected chi connectivity index (χ1v) is 6.46. The second-order valence-corrected chi connectivity index (χ2v) is 5.13. The maximum absolute atomic E-state index is 13.4. The van der Waals surface area contributed by atoms with E-state index in [1.54, 1.807) is 6.07 Å². The fourth-order valence-electron chi connectivity index (χ4n) is 2.48. The molecule has 3 rings (SSSR count). The van der Waals surface area contributed by atoms with Gasteiger partial charge in [-0.25, -0.2) is 4.39 Å². The summed E-state index contributed by atoms with van der Waals surface area (Å²) in [5.41, 5.74) is 3.30. The minimum atomic E-state index is -0.996. The Morgan fingerprint density at radius 3 is 2.50 bits per heavy atom. The summed E-state index contributed by atoms with van der Waals surface area (Å²) in [6.45, 7) is 0. The Morgan fingerprint density at radius 1 is 1.15 bits per heavy atom. The fourth-order valence-corrected chi connectivity index (χ4v) is 2.48. The first-order valence-electron chi connectivity index (χ1n) is 6.46. The Labute approximate surface area is 117 Å². The Balaban J connectivity index is 1.98. The summed E-state index contributed by atoms with van der Waals surface area (Å²) in [7, 11) is 2.94. The molecule has 2 aromatic carbocycles. The van der Waals surface area contributed by atoms with E-state index in [1.165, 1.54) is 12.1 Å². The molecule has 0 saturated heterocycles. The molecule has 1 heterocycles. The van der Waals surface area contributed by atoms with Gasteiger partial charge in [-0.2, -0.15) is 0 Å². The van der Waals surface area contributed by atoms with Crippen LogP contribution in [0.4, 0.5) is 10.1 Å². The lowest BCUT2D eigenvalue weighted by molar-refractivity contribution is 0.226. The predicted octanol–water partition coefficient (Wildman–Crippen LogP) is 1.70. The summed E-state index contributed by atoms with van der Waals surface area (Å²) < 4.78 is 19.0. The maximum Gasteiger partial charge on any atom is 0.492 e. The first kappa shape index (κ1) is 13.2. The van der Waals surface area contributed by atoms with Crippen LogP contribution in [-0.4, -0.2) is 26.2 Å². The Morgan fingerprint density at radius 2 is 1.85 bits per heavy atom. The largest absolute Gasteiger partial charge is 0.492 e. The van der Waals surface area contributed by atoms with E-state index in [-0.39, 0.29) is 5.82 Å². The van der Waals surface area contributed by atoms with Gasteiger partial charge in [-0.3, -0.25) is 0 Å². The SMILES string of the molecule is CN(C)c1ccc(C2OB(O)c3ccc(F)cc32)cc1. The molecule has 1 unspecified atom stereocenters.